The zero-order valence-electron chi connectivity index (χ0n) is 11.4. The Kier molecular flexibility index (Phi) is 4.89. The average Bonchev–Trinajstić information content (AvgIpc) is 2.95. The third-order valence-electron chi connectivity index (χ3n) is 2.79. The molecule has 0 bridgehead atoms. The number of rotatable bonds is 5. The molecule has 0 atom stereocenters. The Hall–Kier alpha value is -2.41. The summed E-state index contributed by atoms with van der Waals surface area (Å²) in [6, 6.07) is 7.23. The van der Waals surface area contributed by atoms with Crippen molar-refractivity contribution >= 4 is 29.0 Å². The Bertz CT molecular complexity index is 637. The van der Waals surface area contributed by atoms with Gasteiger partial charge in [-0.25, -0.2) is 14.6 Å². The van der Waals surface area contributed by atoms with Gasteiger partial charge in [0.05, 0.1) is 6.54 Å². The van der Waals surface area contributed by atoms with Gasteiger partial charge in [0.2, 0.25) is 0 Å². The van der Waals surface area contributed by atoms with Crippen LogP contribution in [0.2, 0.25) is 0 Å². The number of carboxylic acid groups (broad SMARTS) is 1. The van der Waals surface area contributed by atoms with Crippen LogP contribution in [0.3, 0.4) is 0 Å². The third kappa shape index (κ3) is 4.28. The van der Waals surface area contributed by atoms with E-state index in [0.717, 1.165) is 6.42 Å². The van der Waals surface area contributed by atoms with E-state index in [9.17, 15) is 9.59 Å². The highest BCUT2D eigenvalue weighted by Gasteiger charge is 2.09. The number of benzene rings is 1. The van der Waals surface area contributed by atoms with Crippen molar-refractivity contribution < 1.29 is 14.7 Å². The lowest BCUT2D eigenvalue weighted by molar-refractivity contribution is 0.0691. The van der Waals surface area contributed by atoms with Crippen molar-refractivity contribution in [3.8, 4) is 0 Å². The number of aromatic carboxylic acids is 1. The van der Waals surface area contributed by atoms with Crippen LogP contribution in [0.4, 0.5) is 10.5 Å². The molecule has 0 aliphatic heterocycles. The molecule has 2 aromatic rings. The number of anilines is 1. The quantitative estimate of drug-likeness (QED) is 0.792. The maximum atomic E-state index is 11.7. The number of carbonyl (C=O) groups excluding carboxylic acids is 1. The van der Waals surface area contributed by atoms with Gasteiger partial charge in [-0.3, -0.25) is 0 Å². The molecule has 0 fully saturated rings. The number of hydrogen-bond acceptors (Lipinski definition) is 4. The molecule has 2 rings (SSSR count). The number of carbonyl (C=O) groups is 2. The second kappa shape index (κ2) is 6.85. The predicted molar refractivity (Wildman–Crippen MR) is 80.8 cm³/mol. The molecular formula is C14H15N3O3S. The molecule has 1 aromatic carbocycles. The number of urea groups is 1. The molecule has 0 aliphatic carbocycles. The van der Waals surface area contributed by atoms with Gasteiger partial charge in [-0.05, 0) is 24.1 Å². The number of amides is 2. The monoisotopic (exact) mass is 305 g/mol. The maximum Gasteiger partial charge on any atom is 0.355 e. The van der Waals surface area contributed by atoms with Crippen molar-refractivity contribution in [1.29, 1.82) is 0 Å². The molecule has 0 spiro atoms. The van der Waals surface area contributed by atoms with E-state index in [1.807, 2.05) is 24.3 Å². The first kappa shape index (κ1) is 15.0. The summed E-state index contributed by atoms with van der Waals surface area (Å²) >= 11 is 1.20. The van der Waals surface area contributed by atoms with Crippen LogP contribution in [-0.4, -0.2) is 22.1 Å². The van der Waals surface area contributed by atoms with Gasteiger partial charge in [-0.2, -0.15) is 0 Å². The maximum absolute atomic E-state index is 11.7. The van der Waals surface area contributed by atoms with Crippen LogP contribution in [0.15, 0.2) is 29.6 Å². The zero-order valence-corrected chi connectivity index (χ0v) is 12.2. The third-order valence-corrected chi connectivity index (χ3v) is 3.64. The molecule has 110 valence electrons. The van der Waals surface area contributed by atoms with Crippen molar-refractivity contribution in [2.75, 3.05) is 5.32 Å². The summed E-state index contributed by atoms with van der Waals surface area (Å²) in [7, 11) is 0. The largest absolute Gasteiger partial charge is 0.476 e. The lowest BCUT2D eigenvalue weighted by atomic mass is 10.1. The second-order valence-electron chi connectivity index (χ2n) is 4.29. The summed E-state index contributed by atoms with van der Waals surface area (Å²) < 4.78 is 0. The van der Waals surface area contributed by atoms with Crippen LogP contribution in [0.1, 0.15) is 28.0 Å². The van der Waals surface area contributed by atoms with Crippen LogP contribution >= 0.6 is 11.3 Å². The van der Waals surface area contributed by atoms with E-state index in [-0.39, 0.29) is 18.3 Å². The fourth-order valence-corrected chi connectivity index (χ4v) is 2.35. The summed E-state index contributed by atoms with van der Waals surface area (Å²) in [5, 5.41) is 16.1. The molecule has 0 radical (unpaired) electrons. The highest BCUT2D eigenvalue weighted by atomic mass is 32.1. The lowest BCUT2D eigenvalue weighted by Crippen LogP contribution is -2.28. The fraction of sp³-hybridized carbons (Fsp3) is 0.214. The van der Waals surface area contributed by atoms with Crippen LogP contribution < -0.4 is 10.6 Å². The summed E-state index contributed by atoms with van der Waals surface area (Å²) in [6.45, 7) is 2.26. The zero-order chi connectivity index (χ0) is 15.2. The second-order valence-corrected chi connectivity index (χ2v) is 5.23. The number of hydrogen-bond donors (Lipinski definition) is 3. The first-order valence-electron chi connectivity index (χ1n) is 6.40. The average molecular weight is 305 g/mol. The van der Waals surface area contributed by atoms with Crippen LogP contribution in [0.25, 0.3) is 0 Å². The van der Waals surface area contributed by atoms with Crippen LogP contribution in [0, 0.1) is 0 Å². The summed E-state index contributed by atoms with van der Waals surface area (Å²) in [5.41, 5.74) is 1.90. The number of nitrogens with zero attached hydrogens (tertiary/aromatic N) is 1. The topological polar surface area (TPSA) is 91.3 Å². The Morgan fingerprint density at radius 3 is 2.57 bits per heavy atom. The van der Waals surface area contributed by atoms with E-state index in [1.165, 1.54) is 22.3 Å². The molecule has 0 saturated heterocycles. The van der Waals surface area contributed by atoms with E-state index >= 15 is 0 Å². The molecule has 6 nitrogen and oxygen atoms in total. The first-order chi connectivity index (χ1) is 10.1. The molecule has 7 heteroatoms. The molecule has 1 heterocycles. The minimum absolute atomic E-state index is 0.00707. The smallest absolute Gasteiger partial charge is 0.355 e. The van der Waals surface area contributed by atoms with Gasteiger partial charge in [0.15, 0.2) is 5.69 Å². The number of carboxylic acids is 1. The van der Waals surface area contributed by atoms with Crippen molar-refractivity contribution in [2.45, 2.75) is 19.9 Å². The van der Waals surface area contributed by atoms with Gasteiger partial charge < -0.3 is 15.7 Å². The molecule has 2 amide bonds. The highest BCUT2D eigenvalue weighted by Crippen LogP contribution is 2.11. The normalized spacial score (nSPS) is 10.1. The summed E-state index contributed by atoms with van der Waals surface area (Å²) in [5.74, 6) is -1.07. The number of nitrogens with one attached hydrogen (secondary N) is 2. The van der Waals surface area contributed by atoms with Crippen LogP contribution in [-0.2, 0) is 13.0 Å². The molecule has 21 heavy (non-hydrogen) atoms. The van der Waals surface area contributed by atoms with Crippen molar-refractivity contribution in [2.24, 2.45) is 0 Å². The molecule has 3 N–H and O–H groups in total. The SMILES string of the molecule is CCc1ccc(NC(=O)NCc2nc(C(=O)O)cs2)cc1. The minimum Gasteiger partial charge on any atom is -0.476 e. The predicted octanol–water partition coefficient (Wildman–Crippen LogP) is 2.73. The Balaban J connectivity index is 1.84. The minimum atomic E-state index is -1.07. The van der Waals surface area contributed by atoms with E-state index in [1.54, 1.807) is 0 Å². The van der Waals surface area contributed by atoms with E-state index in [2.05, 4.69) is 22.5 Å². The van der Waals surface area contributed by atoms with Crippen LogP contribution in [0.5, 0.6) is 0 Å². The van der Waals surface area contributed by atoms with Gasteiger partial charge in [-0.1, -0.05) is 19.1 Å². The van der Waals surface area contributed by atoms with E-state index in [0.29, 0.717) is 10.7 Å². The Morgan fingerprint density at radius 2 is 2.00 bits per heavy atom. The van der Waals surface area contributed by atoms with Gasteiger partial charge in [0, 0.05) is 11.1 Å². The Labute approximate surface area is 125 Å². The molecule has 0 unspecified atom stereocenters. The standard InChI is InChI=1S/C14H15N3O3S/c1-2-9-3-5-10(6-4-9)16-14(20)15-7-12-17-11(8-21-12)13(18)19/h3-6,8H,2,7H2,1H3,(H,18,19)(H2,15,16,20). The summed E-state index contributed by atoms with van der Waals surface area (Å²) in [6.07, 6.45) is 0.947. The van der Waals surface area contributed by atoms with Crippen molar-refractivity contribution in [1.82, 2.24) is 10.3 Å². The molecule has 1 aromatic heterocycles. The highest BCUT2D eigenvalue weighted by molar-refractivity contribution is 7.09. The molecule has 0 saturated carbocycles. The van der Waals surface area contributed by atoms with Gasteiger partial charge in [-0.15, -0.1) is 11.3 Å². The van der Waals surface area contributed by atoms with E-state index in [4.69, 9.17) is 5.11 Å². The fourth-order valence-electron chi connectivity index (χ4n) is 1.65. The number of thiazole rings is 1. The van der Waals surface area contributed by atoms with Crippen molar-refractivity contribution in [3.63, 3.8) is 0 Å². The van der Waals surface area contributed by atoms with Gasteiger partial charge in [0.1, 0.15) is 5.01 Å². The molecule has 0 aliphatic rings. The summed E-state index contributed by atoms with van der Waals surface area (Å²) in [4.78, 5) is 26.3. The number of aryl methyl sites for hydroxylation is 1. The lowest BCUT2D eigenvalue weighted by Gasteiger charge is -2.07. The molecular weight excluding hydrogens is 290 g/mol. The Morgan fingerprint density at radius 1 is 1.29 bits per heavy atom. The number of aromatic nitrogens is 1. The van der Waals surface area contributed by atoms with Gasteiger partial charge >= 0.3 is 12.0 Å². The van der Waals surface area contributed by atoms with Gasteiger partial charge in [0.25, 0.3) is 0 Å². The van der Waals surface area contributed by atoms with Crippen molar-refractivity contribution in [3.05, 3.63) is 45.9 Å². The first-order valence-corrected chi connectivity index (χ1v) is 7.28. The van der Waals surface area contributed by atoms with E-state index < -0.39 is 5.97 Å².